The van der Waals surface area contributed by atoms with Gasteiger partial charge in [0.25, 0.3) is 5.91 Å². The number of esters is 1. The summed E-state index contributed by atoms with van der Waals surface area (Å²) in [7, 11) is 7.69. The van der Waals surface area contributed by atoms with Crippen molar-refractivity contribution in [2.45, 2.75) is 161 Å². The van der Waals surface area contributed by atoms with Crippen molar-refractivity contribution >= 4 is 59.2 Å². The van der Waals surface area contributed by atoms with Crippen molar-refractivity contribution in [2.75, 3.05) is 61.8 Å². The van der Waals surface area contributed by atoms with Crippen molar-refractivity contribution in [3.05, 3.63) is 112 Å². The summed E-state index contributed by atoms with van der Waals surface area (Å²) in [4.78, 5) is 92.6. The predicted octanol–water partition coefficient (Wildman–Crippen LogP) is 10.2. The molecule has 4 aromatic carbocycles. The molecule has 2 aliphatic rings. The summed E-state index contributed by atoms with van der Waals surface area (Å²) in [6.45, 7) is 11.7. The molecule has 5 aromatic rings. The Balaban J connectivity index is 0.0000129. The number of amides is 5. The number of hydrogen-bond donors (Lipinski definition) is 4. The summed E-state index contributed by atoms with van der Waals surface area (Å²) < 4.78 is 40.5. The number of β-amino-alcohol motifs (C(OH)–C–C–N with tert-alkyl or cyclic N) is 1. The third-order valence-electron chi connectivity index (χ3n) is 16.6. The summed E-state index contributed by atoms with van der Waals surface area (Å²) >= 11 is 1.57. The van der Waals surface area contributed by atoms with Crippen molar-refractivity contribution in [1.29, 1.82) is 0 Å². The molecule has 1 aromatic heterocycles. The maximum absolute atomic E-state index is 14.7. The minimum atomic E-state index is -0.947. The number of aliphatic hydroxyl groups is 1. The molecule has 5 amide bonds. The van der Waals surface area contributed by atoms with Gasteiger partial charge in [0.1, 0.15) is 30.0 Å². The van der Waals surface area contributed by atoms with Gasteiger partial charge in [-0.25, -0.2) is 9.78 Å². The number of aliphatic hydroxyl groups excluding tert-OH is 1. The Kier molecular flexibility index (Phi) is 27.0. The number of carbonyl (C=O) groups excluding carboxylic acids is 6. The summed E-state index contributed by atoms with van der Waals surface area (Å²) in [6.07, 6.45) is 4.18. The van der Waals surface area contributed by atoms with Gasteiger partial charge >= 0.3 is 5.97 Å². The van der Waals surface area contributed by atoms with E-state index in [1.54, 1.807) is 54.7 Å². The topological polar surface area (TPSA) is 243 Å². The number of methoxy groups -OCH3 is 5. The van der Waals surface area contributed by atoms with Crippen molar-refractivity contribution in [1.82, 2.24) is 30.7 Å². The number of hydrogen-bond acceptors (Lipinski definition) is 16. The van der Waals surface area contributed by atoms with E-state index in [0.29, 0.717) is 104 Å². The van der Waals surface area contributed by atoms with Gasteiger partial charge in [0.05, 0.1) is 69.7 Å². The van der Waals surface area contributed by atoms with Crippen molar-refractivity contribution < 1.29 is 67.0 Å². The normalized spacial score (nSPS) is 16.9. The molecule has 0 spiro atoms. The fourth-order valence-electron chi connectivity index (χ4n) is 11.6. The molecule has 0 unspecified atom stereocenters. The number of rotatable bonds is 30. The SMILES string of the molecule is CC[C@H](C(=O)N1CCCC[C@H]1C(=O)O[C@H](CCc1ccc(OC)c(OC)c1)c1ccccc1OCC(=O)NCCCCCCC(=O)N[C@H](C(=O)N1C[C@H](O)C[C@H]1C(=O)N[C@@H](C)c1ccc(-c2scnc2C)cc1)C(C)(C)C)c1cc(OC)c(OC)c(OC)c1.Cl. The van der Waals surface area contributed by atoms with Crippen molar-refractivity contribution in [3.8, 4) is 44.9 Å². The lowest BCUT2D eigenvalue weighted by Crippen LogP contribution is -2.57. The van der Waals surface area contributed by atoms with Crippen LogP contribution in [-0.2, 0) is 39.9 Å². The number of nitrogens with one attached hydrogen (secondary N) is 3. The maximum Gasteiger partial charge on any atom is 0.329 e. The summed E-state index contributed by atoms with van der Waals surface area (Å²) in [5.41, 5.74) is 6.11. The van der Waals surface area contributed by atoms with Crippen LogP contribution in [0.3, 0.4) is 0 Å². The number of benzene rings is 4. The van der Waals surface area contributed by atoms with Gasteiger partial charge in [0, 0.05) is 38.0 Å². The molecule has 3 heterocycles. The van der Waals surface area contributed by atoms with Crippen molar-refractivity contribution in [2.24, 2.45) is 5.41 Å². The third-order valence-corrected chi connectivity index (χ3v) is 17.6. The minimum absolute atomic E-state index is 0. The Labute approximate surface area is 539 Å². The van der Waals surface area contributed by atoms with Crippen LogP contribution in [0.25, 0.3) is 10.4 Å². The summed E-state index contributed by atoms with van der Waals surface area (Å²) in [5, 5.41) is 19.7. The largest absolute Gasteiger partial charge is 0.493 e. The molecular formula is C68H91ClN6O14S. The molecular weight excluding hydrogens is 1190 g/mol. The number of thiazole rings is 1. The van der Waals surface area contributed by atoms with Gasteiger partial charge in [-0.3, -0.25) is 24.0 Å². The van der Waals surface area contributed by atoms with E-state index in [9.17, 15) is 33.9 Å². The Hall–Kier alpha value is -7.62. The zero-order valence-electron chi connectivity index (χ0n) is 53.9. The third kappa shape index (κ3) is 18.5. The van der Waals surface area contributed by atoms with E-state index in [0.717, 1.165) is 46.5 Å². The molecule has 490 valence electrons. The van der Waals surface area contributed by atoms with E-state index in [2.05, 4.69) is 20.9 Å². The van der Waals surface area contributed by atoms with Crippen LogP contribution >= 0.6 is 23.7 Å². The van der Waals surface area contributed by atoms with Crippen LogP contribution in [0.1, 0.15) is 151 Å². The molecule has 2 saturated heterocycles. The molecule has 7 atom stereocenters. The molecule has 0 radical (unpaired) electrons. The summed E-state index contributed by atoms with van der Waals surface area (Å²) in [5.74, 6) is -0.0982. The number of para-hydroxylation sites is 1. The van der Waals surface area contributed by atoms with Crippen LogP contribution < -0.4 is 44.4 Å². The minimum Gasteiger partial charge on any atom is -0.493 e. The number of piperidine rings is 1. The zero-order valence-corrected chi connectivity index (χ0v) is 55.5. The second kappa shape index (κ2) is 34.0. The molecule has 20 nitrogen and oxygen atoms in total. The number of carbonyl (C=O) groups is 6. The number of aryl methyl sites for hydroxylation is 2. The second-order valence-corrected chi connectivity index (χ2v) is 24.7. The van der Waals surface area contributed by atoms with Crippen LogP contribution in [0.15, 0.2) is 84.4 Å². The van der Waals surface area contributed by atoms with E-state index in [1.165, 1.54) is 26.2 Å². The first-order valence-corrected chi connectivity index (χ1v) is 31.7. The molecule has 2 aliphatic heterocycles. The van der Waals surface area contributed by atoms with Gasteiger partial charge in [0.2, 0.25) is 29.4 Å². The number of likely N-dealkylation sites (tertiary alicyclic amines) is 2. The fourth-order valence-corrected chi connectivity index (χ4v) is 12.5. The highest BCUT2D eigenvalue weighted by atomic mass is 35.5. The maximum atomic E-state index is 14.7. The van der Waals surface area contributed by atoms with E-state index in [4.69, 9.17) is 33.2 Å². The van der Waals surface area contributed by atoms with E-state index in [1.807, 2.05) is 102 Å². The van der Waals surface area contributed by atoms with Crippen LogP contribution in [0, 0.1) is 12.3 Å². The summed E-state index contributed by atoms with van der Waals surface area (Å²) in [6, 6.07) is 21.1. The molecule has 0 saturated carbocycles. The van der Waals surface area contributed by atoms with Gasteiger partial charge in [-0.05, 0) is 123 Å². The monoisotopic (exact) mass is 1280 g/mol. The predicted molar refractivity (Wildman–Crippen MR) is 347 cm³/mol. The molecule has 7 rings (SSSR count). The lowest BCUT2D eigenvalue weighted by Gasteiger charge is -2.37. The molecule has 2 fully saturated rings. The molecule has 0 bridgehead atoms. The van der Waals surface area contributed by atoms with Crippen molar-refractivity contribution in [3.63, 3.8) is 0 Å². The molecule has 4 N–H and O–H groups in total. The van der Waals surface area contributed by atoms with Crippen LogP contribution in [-0.4, -0.2) is 141 Å². The Morgan fingerprint density at radius 3 is 2.08 bits per heavy atom. The first-order chi connectivity index (χ1) is 42.7. The number of ether oxygens (including phenoxy) is 7. The Bertz CT molecular complexity index is 3180. The number of nitrogens with zero attached hydrogens (tertiary/aromatic N) is 3. The molecule has 22 heteroatoms. The van der Waals surface area contributed by atoms with Crippen LogP contribution in [0.5, 0.6) is 34.5 Å². The van der Waals surface area contributed by atoms with E-state index < -0.39 is 53.5 Å². The van der Waals surface area contributed by atoms with Gasteiger partial charge in [-0.2, -0.15) is 0 Å². The highest BCUT2D eigenvalue weighted by Gasteiger charge is 2.45. The molecule has 0 aliphatic carbocycles. The smallest absolute Gasteiger partial charge is 0.329 e. The zero-order chi connectivity index (χ0) is 64.4. The highest BCUT2D eigenvalue weighted by molar-refractivity contribution is 7.13. The second-order valence-electron chi connectivity index (χ2n) is 23.8. The average molecular weight is 1280 g/mol. The number of unbranched alkanes of at least 4 members (excludes halogenated alkanes) is 3. The van der Waals surface area contributed by atoms with Crippen LogP contribution in [0.4, 0.5) is 0 Å². The Morgan fingerprint density at radius 1 is 0.744 bits per heavy atom. The number of aromatic nitrogens is 1. The lowest BCUT2D eigenvalue weighted by molar-refractivity contribution is -0.162. The standard InChI is InChI=1S/C68H90N6O14S.ClH/c1-12-49(47-36-57(84-9)61(86-11)58(37-47)85-10)65(79)73-34-20-18-22-51(73)67(81)88-54(31-25-44-26-32-55(82-7)56(35-44)83-8)50-21-16-17-23-53(50)87-40-60(77)69-33-19-14-13-15-24-59(76)72-63(68(4,5)6)66(80)74-39-48(75)38-52(74)64(78)71-42(2)45-27-29-46(30-28-45)62-43(3)70-41-89-62;/h16-17,21,23,26-30,32,35-37,41-42,48-49,51-52,54,63,75H,12-15,18-20,22,24-25,31,33-34,38-40H2,1-11H3,(H,69,77)(H,71,78)(H,72,76);1H/t42-,48+,49-,51-,52-,54+,63+;/m0./s1. The number of halogens is 1. The van der Waals surface area contributed by atoms with Gasteiger partial charge in [-0.15, -0.1) is 23.7 Å². The van der Waals surface area contributed by atoms with E-state index >= 15 is 0 Å². The van der Waals surface area contributed by atoms with Crippen LogP contribution in [0.2, 0.25) is 0 Å². The van der Waals surface area contributed by atoms with Gasteiger partial charge < -0.3 is 64.0 Å². The first-order valence-electron chi connectivity index (χ1n) is 30.8. The fraction of sp³-hybridized carbons (Fsp3) is 0.515. The Morgan fingerprint density at radius 2 is 1.43 bits per heavy atom. The van der Waals surface area contributed by atoms with E-state index in [-0.39, 0.29) is 68.1 Å². The average Bonchev–Trinajstić information content (AvgIpc) is 1.41. The lowest BCUT2D eigenvalue weighted by atomic mass is 9.85. The quantitative estimate of drug-likeness (QED) is 0.0247. The van der Waals surface area contributed by atoms with Gasteiger partial charge in [-0.1, -0.05) is 89.1 Å². The first kappa shape index (κ1) is 71.5. The highest BCUT2D eigenvalue weighted by Crippen LogP contribution is 2.42. The van der Waals surface area contributed by atoms with Gasteiger partial charge in [0.15, 0.2) is 29.6 Å². The molecule has 90 heavy (non-hydrogen) atoms.